The van der Waals surface area contributed by atoms with Crippen molar-refractivity contribution in [3.63, 3.8) is 0 Å². The molecule has 0 spiro atoms. The molecule has 0 fully saturated rings. The first-order valence-corrected chi connectivity index (χ1v) is 5.68. The normalized spacial score (nSPS) is 12.0. The van der Waals surface area contributed by atoms with Crippen molar-refractivity contribution in [1.29, 1.82) is 0 Å². The SMILES string of the molecule is CSCC(=O)N=c1sccn1C. The maximum absolute atomic E-state index is 11.1. The van der Waals surface area contributed by atoms with E-state index >= 15 is 0 Å². The van der Waals surface area contributed by atoms with Gasteiger partial charge >= 0.3 is 0 Å². The lowest BCUT2D eigenvalue weighted by Gasteiger charge is -1.89. The van der Waals surface area contributed by atoms with E-state index in [9.17, 15) is 4.79 Å². The number of rotatable bonds is 2. The molecule has 3 nitrogen and oxygen atoms in total. The van der Waals surface area contributed by atoms with Gasteiger partial charge in [0.25, 0.3) is 5.91 Å². The van der Waals surface area contributed by atoms with Crippen molar-refractivity contribution in [3.05, 3.63) is 16.4 Å². The molecule has 0 atom stereocenters. The van der Waals surface area contributed by atoms with Gasteiger partial charge in [0.05, 0.1) is 5.75 Å². The summed E-state index contributed by atoms with van der Waals surface area (Å²) in [4.78, 5) is 15.8. The average Bonchev–Trinajstić information content (AvgIpc) is 2.37. The summed E-state index contributed by atoms with van der Waals surface area (Å²) >= 11 is 2.96. The van der Waals surface area contributed by atoms with Gasteiger partial charge in [-0.3, -0.25) is 4.79 Å². The fraction of sp³-hybridized carbons (Fsp3) is 0.429. The van der Waals surface area contributed by atoms with Crippen molar-refractivity contribution in [2.75, 3.05) is 12.0 Å². The van der Waals surface area contributed by atoms with Gasteiger partial charge in [0.1, 0.15) is 0 Å². The Labute approximate surface area is 79.1 Å². The van der Waals surface area contributed by atoms with E-state index in [1.165, 1.54) is 23.1 Å². The number of hydrogen-bond acceptors (Lipinski definition) is 3. The molecule has 0 radical (unpaired) electrons. The third-order valence-corrected chi connectivity index (χ3v) is 2.63. The summed E-state index contributed by atoms with van der Waals surface area (Å²) in [6.07, 6.45) is 3.78. The summed E-state index contributed by atoms with van der Waals surface area (Å²) in [6, 6.07) is 0. The molecule has 1 aromatic heterocycles. The number of carbonyl (C=O) groups excluding carboxylic acids is 1. The molecule has 1 amide bonds. The highest BCUT2D eigenvalue weighted by atomic mass is 32.2. The number of thioether (sulfide) groups is 1. The highest BCUT2D eigenvalue weighted by Crippen LogP contribution is 1.92. The lowest BCUT2D eigenvalue weighted by Crippen LogP contribution is -2.13. The van der Waals surface area contributed by atoms with Gasteiger partial charge < -0.3 is 4.57 Å². The zero-order valence-corrected chi connectivity index (χ0v) is 8.61. The van der Waals surface area contributed by atoms with Crippen LogP contribution >= 0.6 is 23.1 Å². The molecule has 0 aromatic carbocycles. The lowest BCUT2D eigenvalue weighted by molar-refractivity contribution is -0.115. The Balaban J connectivity index is 2.83. The summed E-state index contributed by atoms with van der Waals surface area (Å²) in [6.45, 7) is 0. The van der Waals surface area contributed by atoms with E-state index in [0.717, 1.165) is 4.80 Å². The van der Waals surface area contributed by atoms with E-state index in [1.807, 2.05) is 29.4 Å². The Morgan fingerprint density at radius 3 is 3.08 bits per heavy atom. The predicted molar refractivity (Wildman–Crippen MR) is 52.2 cm³/mol. The van der Waals surface area contributed by atoms with Crippen molar-refractivity contribution in [1.82, 2.24) is 4.57 Å². The van der Waals surface area contributed by atoms with E-state index in [0.29, 0.717) is 5.75 Å². The summed E-state index contributed by atoms with van der Waals surface area (Å²) in [5.74, 6) is 0.387. The second-order valence-electron chi connectivity index (χ2n) is 2.24. The molecule has 0 saturated heterocycles. The number of nitrogens with zero attached hydrogens (tertiary/aromatic N) is 2. The van der Waals surface area contributed by atoms with Crippen LogP contribution in [0.3, 0.4) is 0 Å². The average molecular weight is 202 g/mol. The van der Waals surface area contributed by atoms with Gasteiger partial charge in [-0.25, -0.2) is 0 Å². The van der Waals surface area contributed by atoms with Gasteiger partial charge in [-0.1, -0.05) is 0 Å². The van der Waals surface area contributed by atoms with E-state index in [4.69, 9.17) is 0 Å². The Bertz CT molecular complexity index is 326. The number of aromatic nitrogens is 1. The minimum atomic E-state index is -0.0689. The van der Waals surface area contributed by atoms with Crippen LogP contribution < -0.4 is 4.80 Å². The molecule has 12 heavy (non-hydrogen) atoms. The van der Waals surface area contributed by atoms with Gasteiger partial charge in [0.2, 0.25) is 0 Å². The Morgan fingerprint density at radius 2 is 2.58 bits per heavy atom. The molecule has 66 valence electrons. The topological polar surface area (TPSA) is 34.4 Å². The highest BCUT2D eigenvalue weighted by molar-refractivity contribution is 7.99. The molecule has 0 aliphatic heterocycles. The van der Waals surface area contributed by atoms with Crippen LogP contribution in [0.15, 0.2) is 16.6 Å². The maximum Gasteiger partial charge on any atom is 0.258 e. The third kappa shape index (κ3) is 2.49. The second kappa shape index (κ2) is 4.47. The van der Waals surface area contributed by atoms with E-state index in [1.54, 1.807) is 0 Å². The Morgan fingerprint density at radius 1 is 1.83 bits per heavy atom. The Hall–Kier alpha value is -0.550. The van der Waals surface area contributed by atoms with Gasteiger partial charge in [-0.05, 0) is 6.26 Å². The molecular weight excluding hydrogens is 192 g/mol. The van der Waals surface area contributed by atoms with Crippen LogP contribution in [0, 0.1) is 0 Å². The molecule has 5 heteroatoms. The molecule has 0 unspecified atom stereocenters. The first-order valence-electron chi connectivity index (χ1n) is 3.40. The second-order valence-corrected chi connectivity index (χ2v) is 3.97. The standard InChI is InChI=1S/C7H10N2OS2/c1-9-3-4-12-7(9)8-6(10)5-11-2/h3-4H,5H2,1-2H3. The summed E-state index contributed by atoms with van der Waals surface area (Å²) in [5.41, 5.74) is 0. The molecule has 1 rings (SSSR count). The first kappa shape index (κ1) is 9.54. The zero-order valence-electron chi connectivity index (χ0n) is 6.98. The summed E-state index contributed by atoms with van der Waals surface area (Å²) in [7, 11) is 1.88. The van der Waals surface area contributed by atoms with E-state index in [-0.39, 0.29) is 5.91 Å². The van der Waals surface area contributed by atoms with Crippen LogP contribution in [0.2, 0.25) is 0 Å². The van der Waals surface area contributed by atoms with Crippen molar-refractivity contribution in [2.24, 2.45) is 12.0 Å². The van der Waals surface area contributed by atoms with Crippen LogP contribution in [-0.2, 0) is 11.8 Å². The van der Waals surface area contributed by atoms with Gasteiger partial charge in [-0.2, -0.15) is 16.8 Å². The molecule has 0 saturated carbocycles. The van der Waals surface area contributed by atoms with Crippen LogP contribution in [0.1, 0.15) is 0 Å². The van der Waals surface area contributed by atoms with Gasteiger partial charge in [0.15, 0.2) is 4.80 Å². The van der Waals surface area contributed by atoms with Crippen molar-refractivity contribution in [2.45, 2.75) is 0 Å². The molecular formula is C7H10N2OS2. The number of hydrogen-bond donors (Lipinski definition) is 0. The fourth-order valence-electron chi connectivity index (χ4n) is 0.697. The molecule has 0 N–H and O–H groups in total. The number of amides is 1. The summed E-state index contributed by atoms with van der Waals surface area (Å²) < 4.78 is 1.84. The van der Waals surface area contributed by atoms with Crippen LogP contribution in [0.25, 0.3) is 0 Å². The molecule has 1 aromatic rings. The van der Waals surface area contributed by atoms with Gasteiger partial charge in [-0.15, -0.1) is 11.3 Å². The molecule has 0 aliphatic carbocycles. The number of aryl methyl sites for hydroxylation is 1. The van der Waals surface area contributed by atoms with Crippen LogP contribution in [-0.4, -0.2) is 22.5 Å². The molecule has 0 bridgehead atoms. The van der Waals surface area contributed by atoms with Crippen molar-refractivity contribution < 1.29 is 4.79 Å². The van der Waals surface area contributed by atoms with E-state index < -0.39 is 0 Å². The maximum atomic E-state index is 11.1. The van der Waals surface area contributed by atoms with Crippen molar-refractivity contribution in [3.8, 4) is 0 Å². The Kier molecular flexibility index (Phi) is 3.55. The molecule has 1 heterocycles. The first-order chi connectivity index (χ1) is 5.74. The smallest absolute Gasteiger partial charge is 0.258 e. The highest BCUT2D eigenvalue weighted by Gasteiger charge is 1.96. The quantitative estimate of drug-likeness (QED) is 0.713. The number of carbonyl (C=O) groups is 1. The lowest BCUT2D eigenvalue weighted by atomic mass is 10.7. The van der Waals surface area contributed by atoms with Crippen LogP contribution in [0.4, 0.5) is 0 Å². The minimum Gasteiger partial charge on any atom is -0.327 e. The number of thiazole rings is 1. The molecule has 0 aliphatic rings. The van der Waals surface area contributed by atoms with Crippen molar-refractivity contribution >= 4 is 29.0 Å². The summed E-state index contributed by atoms with van der Waals surface area (Å²) in [5, 5.41) is 1.91. The monoisotopic (exact) mass is 202 g/mol. The minimum absolute atomic E-state index is 0.0689. The zero-order chi connectivity index (χ0) is 8.97. The van der Waals surface area contributed by atoms with Crippen LogP contribution in [0.5, 0.6) is 0 Å². The van der Waals surface area contributed by atoms with Gasteiger partial charge in [0, 0.05) is 18.6 Å². The fourth-order valence-corrected chi connectivity index (χ4v) is 1.76. The van der Waals surface area contributed by atoms with E-state index in [2.05, 4.69) is 4.99 Å². The predicted octanol–water partition coefficient (Wildman–Crippen LogP) is 0.877. The third-order valence-electron chi connectivity index (χ3n) is 1.25. The largest absolute Gasteiger partial charge is 0.327 e.